The zero-order valence-corrected chi connectivity index (χ0v) is 19.6. The number of nitrogens with zero attached hydrogens (tertiary/aromatic N) is 2. The van der Waals surface area contributed by atoms with Gasteiger partial charge in [0.05, 0.1) is 17.0 Å². The number of carbonyl (C=O) groups excluding carboxylic acids is 1. The van der Waals surface area contributed by atoms with Crippen LogP contribution in [0.25, 0.3) is 15.9 Å². The van der Waals surface area contributed by atoms with Gasteiger partial charge >= 0.3 is 0 Å². The summed E-state index contributed by atoms with van der Waals surface area (Å²) in [6, 6.07) is 7.80. The van der Waals surface area contributed by atoms with Crippen LogP contribution in [-0.2, 0) is 4.79 Å². The van der Waals surface area contributed by atoms with E-state index in [4.69, 9.17) is 4.98 Å². The predicted molar refractivity (Wildman–Crippen MR) is 130 cm³/mol. The quantitative estimate of drug-likeness (QED) is 0.305. The van der Waals surface area contributed by atoms with Gasteiger partial charge < -0.3 is 5.32 Å². The standard InChI is InChI=1S/C24H27N3O2S2/c1-16-8-9-19(14-17(16)2)27-23(29)22-20(11-13-30-22)26-24(27)31-15-21(28)25-12-10-18-6-4-3-5-7-18/h6,8-9,11,13-14H,3-5,7,10,12,15H2,1-2H3,(H,25,28). The summed E-state index contributed by atoms with van der Waals surface area (Å²) in [5.74, 6) is 0.194. The van der Waals surface area contributed by atoms with Crippen molar-refractivity contribution in [3.8, 4) is 5.69 Å². The van der Waals surface area contributed by atoms with Gasteiger partial charge in [-0.25, -0.2) is 4.98 Å². The molecule has 0 fully saturated rings. The molecule has 2 heterocycles. The summed E-state index contributed by atoms with van der Waals surface area (Å²) in [6.45, 7) is 4.74. The second kappa shape index (κ2) is 9.83. The van der Waals surface area contributed by atoms with Crippen LogP contribution >= 0.6 is 23.1 Å². The third-order valence-electron chi connectivity index (χ3n) is 5.68. The van der Waals surface area contributed by atoms with Crippen LogP contribution in [0.4, 0.5) is 0 Å². The van der Waals surface area contributed by atoms with E-state index in [1.807, 2.05) is 43.5 Å². The zero-order valence-electron chi connectivity index (χ0n) is 17.9. The van der Waals surface area contributed by atoms with Crippen molar-refractivity contribution in [2.24, 2.45) is 0 Å². The summed E-state index contributed by atoms with van der Waals surface area (Å²) in [4.78, 5) is 30.3. The molecule has 0 bridgehead atoms. The van der Waals surface area contributed by atoms with Gasteiger partial charge in [-0.1, -0.05) is 29.5 Å². The van der Waals surface area contributed by atoms with E-state index >= 15 is 0 Å². The Kier molecular flexibility index (Phi) is 6.92. The second-order valence-corrected chi connectivity index (χ2v) is 9.79. The Labute approximate surface area is 190 Å². The largest absolute Gasteiger partial charge is 0.355 e. The first kappa shape index (κ1) is 21.8. The van der Waals surface area contributed by atoms with Gasteiger partial charge in [0.1, 0.15) is 4.70 Å². The molecule has 0 radical (unpaired) electrons. The monoisotopic (exact) mass is 453 g/mol. The minimum atomic E-state index is -0.0876. The van der Waals surface area contributed by atoms with Gasteiger partial charge in [-0.05, 0) is 80.7 Å². The van der Waals surface area contributed by atoms with E-state index in [9.17, 15) is 9.59 Å². The van der Waals surface area contributed by atoms with Crippen LogP contribution in [0.5, 0.6) is 0 Å². The van der Waals surface area contributed by atoms with Crippen molar-refractivity contribution in [3.63, 3.8) is 0 Å². The first-order valence-corrected chi connectivity index (χ1v) is 12.5. The number of thioether (sulfide) groups is 1. The molecular formula is C24H27N3O2S2. The number of fused-ring (bicyclic) bond motifs is 1. The molecular weight excluding hydrogens is 426 g/mol. The fourth-order valence-electron chi connectivity index (χ4n) is 3.76. The number of thiophene rings is 1. The number of carbonyl (C=O) groups is 1. The normalized spacial score (nSPS) is 13.9. The zero-order chi connectivity index (χ0) is 21.8. The van der Waals surface area contributed by atoms with Crippen LogP contribution in [0, 0.1) is 13.8 Å². The number of nitrogens with one attached hydrogen (secondary N) is 1. The molecule has 0 spiro atoms. The molecule has 7 heteroatoms. The molecule has 0 saturated heterocycles. The Morgan fingerprint density at radius 1 is 1.23 bits per heavy atom. The molecule has 0 unspecified atom stereocenters. The van der Waals surface area contributed by atoms with Crippen LogP contribution in [0.2, 0.25) is 0 Å². The number of aromatic nitrogens is 2. The van der Waals surface area contributed by atoms with Gasteiger partial charge in [0.2, 0.25) is 5.91 Å². The molecule has 3 aromatic rings. The summed E-state index contributed by atoms with van der Waals surface area (Å²) < 4.78 is 2.27. The Hall–Kier alpha value is -2.38. The molecule has 0 saturated carbocycles. The molecule has 162 valence electrons. The summed E-state index contributed by atoms with van der Waals surface area (Å²) in [5.41, 5.74) is 5.11. The van der Waals surface area contributed by atoms with Crippen molar-refractivity contribution >= 4 is 39.2 Å². The number of aryl methyl sites for hydroxylation is 2. The molecule has 5 nitrogen and oxygen atoms in total. The first-order chi connectivity index (χ1) is 15.0. The van der Waals surface area contributed by atoms with Crippen LogP contribution in [0.1, 0.15) is 43.2 Å². The highest BCUT2D eigenvalue weighted by Crippen LogP contribution is 2.25. The predicted octanol–water partition coefficient (Wildman–Crippen LogP) is 5.16. The summed E-state index contributed by atoms with van der Waals surface area (Å²) >= 11 is 2.71. The van der Waals surface area contributed by atoms with E-state index in [0.717, 1.165) is 30.5 Å². The van der Waals surface area contributed by atoms with Gasteiger partial charge in [0.15, 0.2) is 5.16 Å². The van der Waals surface area contributed by atoms with Crippen molar-refractivity contribution in [3.05, 3.63) is 62.8 Å². The van der Waals surface area contributed by atoms with Gasteiger partial charge in [0, 0.05) is 6.54 Å². The SMILES string of the molecule is Cc1ccc(-n2c(SCC(=O)NCCC3=CCCCC3)nc3ccsc3c2=O)cc1C. The fraction of sp³-hybridized carbons (Fsp3) is 0.375. The van der Waals surface area contributed by atoms with Crippen LogP contribution in [0.15, 0.2) is 51.2 Å². The molecule has 2 aromatic heterocycles. The molecule has 1 aliphatic rings. The third-order valence-corrected chi connectivity index (χ3v) is 7.51. The fourth-order valence-corrected chi connectivity index (χ4v) is 5.36. The average Bonchev–Trinajstić information content (AvgIpc) is 3.24. The Morgan fingerprint density at radius 3 is 2.87 bits per heavy atom. The third kappa shape index (κ3) is 5.10. The molecule has 0 atom stereocenters. The number of allylic oxidation sites excluding steroid dienone is 1. The number of benzene rings is 1. The van der Waals surface area contributed by atoms with E-state index in [0.29, 0.717) is 21.9 Å². The maximum Gasteiger partial charge on any atom is 0.276 e. The molecule has 1 N–H and O–H groups in total. The van der Waals surface area contributed by atoms with Gasteiger partial charge in [-0.3, -0.25) is 14.2 Å². The maximum absolute atomic E-state index is 13.2. The lowest BCUT2D eigenvalue weighted by atomic mass is 9.97. The number of hydrogen-bond donors (Lipinski definition) is 1. The highest BCUT2D eigenvalue weighted by molar-refractivity contribution is 7.99. The Bertz CT molecular complexity index is 1190. The summed E-state index contributed by atoms with van der Waals surface area (Å²) in [5, 5.41) is 5.43. The van der Waals surface area contributed by atoms with Crippen molar-refractivity contribution in [2.45, 2.75) is 51.1 Å². The van der Waals surface area contributed by atoms with Crippen molar-refractivity contribution in [1.29, 1.82) is 0 Å². The van der Waals surface area contributed by atoms with Crippen LogP contribution in [-0.4, -0.2) is 27.8 Å². The summed E-state index contributed by atoms with van der Waals surface area (Å²) in [7, 11) is 0. The highest BCUT2D eigenvalue weighted by atomic mass is 32.2. The number of amides is 1. The average molecular weight is 454 g/mol. The molecule has 4 rings (SSSR count). The van der Waals surface area contributed by atoms with E-state index in [1.165, 1.54) is 47.1 Å². The Morgan fingerprint density at radius 2 is 2.10 bits per heavy atom. The van der Waals surface area contributed by atoms with Gasteiger partial charge in [-0.2, -0.15) is 0 Å². The smallest absolute Gasteiger partial charge is 0.276 e. The minimum Gasteiger partial charge on any atom is -0.355 e. The van der Waals surface area contributed by atoms with Crippen molar-refractivity contribution in [2.75, 3.05) is 12.3 Å². The lowest BCUT2D eigenvalue weighted by molar-refractivity contribution is -0.118. The lowest BCUT2D eigenvalue weighted by Crippen LogP contribution is -2.27. The van der Waals surface area contributed by atoms with E-state index < -0.39 is 0 Å². The highest BCUT2D eigenvalue weighted by Gasteiger charge is 2.16. The van der Waals surface area contributed by atoms with Crippen LogP contribution in [0.3, 0.4) is 0 Å². The Balaban J connectivity index is 1.51. The second-order valence-electron chi connectivity index (χ2n) is 7.94. The molecule has 1 aliphatic carbocycles. The minimum absolute atomic E-state index is 0.0345. The number of hydrogen-bond acceptors (Lipinski definition) is 5. The van der Waals surface area contributed by atoms with Crippen molar-refractivity contribution in [1.82, 2.24) is 14.9 Å². The van der Waals surface area contributed by atoms with Crippen LogP contribution < -0.4 is 10.9 Å². The first-order valence-electron chi connectivity index (χ1n) is 10.7. The van der Waals surface area contributed by atoms with E-state index in [1.54, 1.807) is 4.57 Å². The van der Waals surface area contributed by atoms with Gasteiger partial charge in [-0.15, -0.1) is 11.3 Å². The van der Waals surface area contributed by atoms with E-state index in [2.05, 4.69) is 11.4 Å². The maximum atomic E-state index is 13.2. The molecule has 1 amide bonds. The topological polar surface area (TPSA) is 64.0 Å². The molecule has 0 aliphatic heterocycles. The lowest BCUT2D eigenvalue weighted by Gasteiger charge is -2.14. The molecule has 1 aromatic carbocycles. The summed E-state index contributed by atoms with van der Waals surface area (Å²) in [6.07, 6.45) is 8.07. The molecule has 31 heavy (non-hydrogen) atoms. The number of rotatable bonds is 7. The van der Waals surface area contributed by atoms with Crippen molar-refractivity contribution < 1.29 is 4.79 Å². The van der Waals surface area contributed by atoms with Gasteiger partial charge in [0.25, 0.3) is 5.56 Å². The van der Waals surface area contributed by atoms with E-state index in [-0.39, 0.29) is 17.2 Å².